The zero-order chi connectivity index (χ0) is 20.7. The maximum absolute atomic E-state index is 13.6. The Bertz CT molecular complexity index is 900. The number of hydrazone groups is 1. The van der Waals surface area contributed by atoms with Crippen molar-refractivity contribution >= 4 is 18.1 Å². The Kier molecular flexibility index (Phi) is 6.91. The third-order valence-corrected chi connectivity index (χ3v) is 3.67. The lowest BCUT2D eigenvalue weighted by atomic mass is 10.1. The monoisotopic (exact) mass is 389 g/mol. The second kappa shape index (κ2) is 9.36. The fraction of sp³-hybridized carbons (Fsp3) is 0.211. The first kappa shape index (κ1) is 20.7. The molecule has 0 aliphatic carbocycles. The summed E-state index contributed by atoms with van der Waals surface area (Å²) in [4.78, 5) is 23.5. The Balaban J connectivity index is 2.12. The van der Waals surface area contributed by atoms with Crippen LogP contribution in [0.5, 0.6) is 17.2 Å². The standard InChI is InChI=1S/C19H19FN2O6/c1-11(28-14-7-5-4-6-13(14)20)18(23)22-21-10-12-8-9-15(26-2)17(27-3)16(12)19(24)25/h4-11H,1-3H3,(H,22,23)(H,24,25)/p-1/b21-10-/t11-/m1/s1. The minimum atomic E-state index is -1.50. The van der Waals surface area contributed by atoms with Crippen molar-refractivity contribution < 1.29 is 33.3 Å². The van der Waals surface area contributed by atoms with E-state index in [2.05, 4.69) is 10.5 Å². The molecule has 1 amide bonds. The molecular weight excluding hydrogens is 371 g/mol. The van der Waals surface area contributed by atoms with E-state index in [9.17, 15) is 19.1 Å². The van der Waals surface area contributed by atoms with Crippen LogP contribution in [-0.4, -0.2) is 38.4 Å². The van der Waals surface area contributed by atoms with E-state index >= 15 is 0 Å². The first-order chi connectivity index (χ1) is 13.4. The van der Waals surface area contributed by atoms with E-state index in [0.717, 1.165) is 6.21 Å². The number of carbonyl (C=O) groups is 2. The van der Waals surface area contributed by atoms with Crippen LogP contribution >= 0.6 is 0 Å². The molecule has 148 valence electrons. The number of hydrogen-bond donors (Lipinski definition) is 1. The van der Waals surface area contributed by atoms with Gasteiger partial charge in [-0.15, -0.1) is 0 Å². The minimum Gasteiger partial charge on any atom is -0.545 e. The summed E-state index contributed by atoms with van der Waals surface area (Å²) in [6.45, 7) is 1.42. The average molecular weight is 389 g/mol. The SMILES string of the molecule is COc1ccc(/C=N\NC(=O)[C@@H](C)Oc2ccccc2F)c(C(=O)[O-])c1OC. The molecule has 2 aromatic carbocycles. The minimum absolute atomic E-state index is 0.0333. The lowest BCUT2D eigenvalue weighted by Gasteiger charge is -2.16. The number of benzene rings is 2. The maximum atomic E-state index is 13.6. The summed E-state index contributed by atoms with van der Waals surface area (Å²) in [5.41, 5.74) is 2.04. The zero-order valence-corrected chi connectivity index (χ0v) is 15.4. The molecule has 8 nitrogen and oxygen atoms in total. The molecule has 28 heavy (non-hydrogen) atoms. The van der Waals surface area contributed by atoms with Gasteiger partial charge in [0.05, 0.1) is 32.0 Å². The van der Waals surface area contributed by atoms with Crippen LogP contribution in [0.3, 0.4) is 0 Å². The van der Waals surface area contributed by atoms with Gasteiger partial charge in [0.25, 0.3) is 5.91 Å². The zero-order valence-electron chi connectivity index (χ0n) is 15.4. The van der Waals surface area contributed by atoms with E-state index in [1.165, 1.54) is 51.5 Å². The smallest absolute Gasteiger partial charge is 0.280 e. The molecule has 0 aliphatic rings. The molecular formula is C19H18FN2O6-. The molecule has 0 unspecified atom stereocenters. The molecule has 0 heterocycles. The Labute approximate surface area is 160 Å². The van der Waals surface area contributed by atoms with E-state index in [1.54, 1.807) is 6.07 Å². The van der Waals surface area contributed by atoms with Gasteiger partial charge in [-0.3, -0.25) is 4.79 Å². The molecule has 0 aromatic heterocycles. The summed E-state index contributed by atoms with van der Waals surface area (Å²) in [6.07, 6.45) is 0.0703. The molecule has 0 saturated heterocycles. The number of halogens is 1. The van der Waals surface area contributed by atoms with Crippen molar-refractivity contribution in [2.75, 3.05) is 14.2 Å². The summed E-state index contributed by atoms with van der Waals surface area (Å²) in [7, 11) is 2.65. The molecule has 2 rings (SSSR count). The quantitative estimate of drug-likeness (QED) is 0.535. The molecule has 1 atom stereocenters. The number of carboxylic acid groups (broad SMARTS) is 1. The molecule has 0 fully saturated rings. The Hall–Kier alpha value is -3.62. The van der Waals surface area contributed by atoms with Gasteiger partial charge in [-0.05, 0) is 31.2 Å². The average Bonchev–Trinajstić information content (AvgIpc) is 2.68. The van der Waals surface area contributed by atoms with Crippen LogP contribution in [0.2, 0.25) is 0 Å². The largest absolute Gasteiger partial charge is 0.545 e. The molecule has 0 spiro atoms. The highest BCUT2D eigenvalue weighted by molar-refractivity contribution is 6.01. The van der Waals surface area contributed by atoms with Crippen LogP contribution in [0.15, 0.2) is 41.5 Å². The van der Waals surface area contributed by atoms with E-state index in [-0.39, 0.29) is 28.4 Å². The Morgan fingerprint density at radius 3 is 2.46 bits per heavy atom. The number of methoxy groups -OCH3 is 2. The van der Waals surface area contributed by atoms with Gasteiger partial charge in [0.15, 0.2) is 29.2 Å². The third-order valence-electron chi connectivity index (χ3n) is 3.67. The summed E-state index contributed by atoms with van der Waals surface area (Å²) < 4.78 is 28.9. The maximum Gasteiger partial charge on any atom is 0.280 e. The lowest BCUT2D eigenvalue weighted by Crippen LogP contribution is -2.33. The highest BCUT2D eigenvalue weighted by atomic mass is 19.1. The summed E-state index contributed by atoms with van der Waals surface area (Å²) in [5.74, 6) is -2.67. The predicted octanol–water partition coefficient (Wildman–Crippen LogP) is 1.12. The molecule has 0 bridgehead atoms. The highest BCUT2D eigenvalue weighted by Gasteiger charge is 2.17. The number of carboxylic acids is 1. The number of rotatable bonds is 8. The molecule has 0 aliphatic heterocycles. The van der Waals surface area contributed by atoms with Crippen molar-refractivity contribution in [2.24, 2.45) is 5.10 Å². The van der Waals surface area contributed by atoms with E-state index in [0.29, 0.717) is 0 Å². The predicted molar refractivity (Wildman–Crippen MR) is 96.1 cm³/mol. The third kappa shape index (κ3) is 4.76. The number of para-hydroxylation sites is 1. The van der Waals surface area contributed by atoms with Crippen LogP contribution in [0.4, 0.5) is 4.39 Å². The van der Waals surface area contributed by atoms with Gasteiger partial charge in [-0.25, -0.2) is 9.82 Å². The molecule has 0 radical (unpaired) electrons. The number of hydrogen-bond acceptors (Lipinski definition) is 7. The van der Waals surface area contributed by atoms with E-state index in [1.807, 2.05) is 0 Å². The molecule has 2 aromatic rings. The topological polar surface area (TPSA) is 109 Å². The number of nitrogens with one attached hydrogen (secondary N) is 1. The van der Waals surface area contributed by atoms with Gasteiger partial charge in [-0.2, -0.15) is 5.10 Å². The molecule has 9 heteroatoms. The van der Waals surface area contributed by atoms with Crippen molar-refractivity contribution in [3.63, 3.8) is 0 Å². The van der Waals surface area contributed by atoms with Crippen LogP contribution in [0.1, 0.15) is 22.8 Å². The molecule has 1 N–H and O–H groups in total. The number of aromatic carboxylic acids is 1. The van der Waals surface area contributed by atoms with Crippen molar-refractivity contribution in [1.29, 1.82) is 0 Å². The highest BCUT2D eigenvalue weighted by Crippen LogP contribution is 2.32. The van der Waals surface area contributed by atoms with E-state index < -0.39 is 23.8 Å². The van der Waals surface area contributed by atoms with Gasteiger partial charge in [0.2, 0.25) is 0 Å². The van der Waals surface area contributed by atoms with Gasteiger partial charge in [0, 0.05) is 5.56 Å². The number of nitrogens with zero attached hydrogens (tertiary/aromatic N) is 1. The van der Waals surface area contributed by atoms with Crippen molar-refractivity contribution in [3.05, 3.63) is 53.3 Å². The van der Waals surface area contributed by atoms with Gasteiger partial charge in [0.1, 0.15) is 0 Å². The Morgan fingerprint density at radius 1 is 1.14 bits per heavy atom. The Morgan fingerprint density at radius 2 is 1.86 bits per heavy atom. The van der Waals surface area contributed by atoms with Crippen molar-refractivity contribution in [1.82, 2.24) is 5.43 Å². The van der Waals surface area contributed by atoms with Gasteiger partial charge >= 0.3 is 0 Å². The summed E-state index contributed by atoms with van der Waals surface area (Å²) in [6, 6.07) is 8.56. The van der Waals surface area contributed by atoms with Gasteiger partial charge in [-0.1, -0.05) is 12.1 Å². The number of ether oxygens (including phenoxy) is 3. The second-order valence-corrected chi connectivity index (χ2v) is 5.48. The van der Waals surface area contributed by atoms with Crippen LogP contribution in [0.25, 0.3) is 0 Å². The first-order valence-electron chi connectivity index (χ1n) is 8.09. The van der Waals surface area contributed by atoms with E-state index in [4.69, 9.17) is 14.2 Å². The second-order valence-electron chi connectivity index (χ2n) is 5.48. The van der Waals surface area contributed by atoms with Crippen molar-refractivity contribution in [3.8, 4) is 17.2 Å². The number of amides is 1. The van der Waals surface area contributed by atoms with Crippen LogP contribution in [-0.2, 0) is 4.79 Å². The fourth-order valence-electron chi connectivity index (χ4n) is 2.30. The van der Waals surface area contributed by atoms with Crippen LogP contribution in [0, 0.1) is 5.82 Å². The fourth-order valence-corrected chi connectivity index (χ4v) is 2.30. The normalized spacial score (nSPS) is 11.7. The van der Waals surface area contributed by atoms with Crippen LogP contribution < -0.4 is 24.7 Å². The molecule has 0 saturated carbocycles. The van der Waals surface area contributed by atoms with Gasteiger partial charge < -0.3 is 24.1 Å². The lowest BCUT2D eigenvalue weighted by molar-refractivity contribution is -0.255. The van der Waals surface area contributed by atoms with Crippen molar-refractivity contribution in [2.45, 2.75) is 13.0 Å². The first-order valence-corrected chi connectivity index (χ1v) is 8.09. The number of carbonyl (C=O) groups excluding carboxylic acids is 2. The summed E-state index contributed by atoms with van der Waals surface area (Å²) in [5, 5.41) is 15.2. The summed E-state index contributed by atoms with van der Waals surface area (Å²) >= 11 is 0.